The lowest BCUT2D eigenvalue weighted by molar-refractivity contribution is 0.113. The molecule has 1 aromatic heterocycles. The van der Waals surface area contributed by atoms with Gasteiger partial charge in [0.15, 0.2) is 0 Å². The predicted octanol–water partition coefficient (Wildman–Crippen LogP) is 5.21. The van der Waals surface area contributed by atoms with Gasteiger partial charge in [0, 0.05) is 11.1 Å². The number of rotatable bonds is 6. The van der Waals surface area contributed by atoms with E-state index in [4.69, 9.17) is 0 Å². The van der Waals surface area contributed by atoms with Crippen LogP contribution >= 0.6 is 0 Å². The van der Waals surface area contributed by atoms with Crippen molar-refractivity contribution >= 4 is 11.0 Å². The van der Waals surface area contributed by atoms with Crippen LogP contribution in [0.5, 0.6) is 5.75 Å². The molecule has 2 aromatic carbocycles. The largest absolute Gasteiger partial charge is 0.507 e. The Labute approximate surface area is 154 Å². The molecule has 0 fully saturated rings. The third kappa shape index (κ3) is 3.39. The first-order valence-corrected chi connectivity index (χ1v) is 9.23. The van der Waals surface area contributed by atoms with Crippen molar-refractivity contribution in [2.45, 2.75) is 58.8 Å². The first kappa shape index (κ1) is 18.2. The fraction of sp³-hybridized carbons (Fsp3) is 0.429. The van der Waals surface area contributed by atoms with Crippen LogP contribution in [0.1, 0.15) is 57.6 Å². The lowest BCUT2D eigenvalue weighted by atomic mass is 9.78. The number of nitrogens with zero attached hydrogens (tertiary/aromatic N) is 3. The van der Waals surface area contributed by atoms with E-state index in [0.29, 0.717) is 16.0 Å². The summed E-state index contributed by atoms with van der Waals surface area (Å²) in [6, 6.07) is 9.69. The minimum atomic E-state index is 0.0187. The Kier molecular flexibility index (Phi) is 4.90. The molecule has 0 radical (unpaired) electrons. The summed E-state index contributed by atoms with van der Waals surface area (Å²) in [4.78, 5) is 0.580. The summed E-state index contributed by atoms with van der Waals surface area (Å²) in [7, 11) is 0. The van der Waals surface area contributed by atoms with E-state index in [9.17, 15) is 10.3 Å². The van der Waals surface area contributed by atoms with Crippen molar-refractivity contribution in [3.63, 3.8) is 0 Å². The maximum atomic E-state index is 10.7. The maximum absolute atomic E-state index is 10.7. The zero-order valence-corrected chi connectivity index (χ0v) is 16.0. The van der Waals surface area contributed by atoms with Gasteiger partial charge in [0.25, 0.3) is 0 Å². The molecule has 0 aliphatic rings. The van der Waals surface area contributed by atoms with E-state index >= 15 is 0 Å². The fourth-order valence-corrected chi connectivity index (χ4v) is 3.48. The van der Waals surface area contributed by atoms with Gasteiger partial charge in [0.05, 0.1) is 0 Å². The number of fused-ring (bicyclic) bond motifs is 1. The van der Waals surface area contributed by atoms with E-state index in [1.807, 2.05) is 19.1 Å². The molecule has 0 bridgehead atoms. The van der Waals surface area contributed by atoms with Gasteiger partial charge in [0.1, 0.15) is 16.8 Å². The number of benzene rings is 2. The zero-order chi connectivity index (χ0) is 18.9. The van der Waals surface area contributed by atoms with E-state index in [2.05, 4.69) is 43.1 Å². The number of phenols is 1. The van der Waals surface area contributed by atoms with Crippen LogP contribution in [-0.2, 0) is 5.41 Å². The second kappa shape index (κ2) is 6.98. The monoisotopic (exact) mass is 353 g/mol. The van der Waals surface area contributed by atoms with E-state index in [1.165, 1.54) is 24.8 Å². The number of phenolic OH excluding ortho intramolecular Hbond substituents is 1. The van der Waals surface area contributed by atoms with Gasteiger partial charge in [-0.2, -0.15) is 0 Å². The Bertz CT molecular complexity index is 928. The van der Waals surface area contributed by atoms with Crippen LogP contribution in [0, 0.1) is 6.92 Å². The Morgan fingerprint density at radius 2 is 1.85 bits per heavy atom. The molecule has 138 valence electrons. The molecule has 2 N–H and O–H groups in total. The van der Waals surface area contributed by atoms with Crippen molar-refractivity contribution in [3.8, 4) is 16.9 Å². The first-order chi connectivity index (χ1) is 12.3. The minimum Gasteiger partial charge on any atom is -0.507 e. The lowest BCUT2D eigenvalue weighted by Crippen LogP contribution is -2.17. The quantitative estimate of drug-likeness (QED) is 0.471. The molecule has 3 aromatic rings. The van der Waals surface area contributed by atoms with Crippen LogP contribution in [0.25, 0.3) is 22.2 Å². The highest BCUT2D eigenvalue weighted by Crippen LogP contribution is 2.40. The third-order valence-corrected chi connectivity index (χ3v) is 5.18. The summed E-state index contributed by atoms with van der Waals surface area (Å²) < 4.78 is 0. The second-order valence-electron chi connectivity index (χ2n) is 7.67. The molecule has 0 aliphatic carbocycles. The molecule has 0 atom stereocenters. The van der Waals surface area contributed by atoms with Gasteiger partial charge >= 0.3 is 0 Å². The third-order valence-electron chi connectivity index (χ3n) is 5.18. The van der Waals surface area contributed by atoms with Crippen LogP contribution in [-0.4, -0.2) is 25.5 Å². The van der Waals surface area contributed by atoms with Crippen LogP contribution in [0.3, 0.4) is 0 Å². The molecule has 0 saturated carbocycles. The smallest absolute Gasteiger partial charge is 0.126 e. The van der Waals surface area contributed by atoms with Gasteiger partial charge in [-0.15, -0.1) is 10.2 Å². The van der Waals surface area contributed by atoms with Crippen molar-refractivity contribution in [2.75, 3.05) is 0 Å². The molecule has 0 aliphatic heterocycles. The molecule has 0 amide bonds. The summed E-state index contributed by atoms with van der Waals surface area (Å²) in [5.41, 5.74) is 4.73. The Hall–Kier alpha value is -2.56. The summed E-state index contributed by atoms with van der Waals surface area (Å²) in [5, 5.41) is 28.3. The molecular weight excluding hydrogens is 326 g/mol. The molecule has 0 spiro atoms. The Morgan fingerprint density at radius 1 is 1.08 bits per heavy atom. The van der Waals surface area contributed by atoms with Gasteiger partial charge in [0.2, 0.25) is 0 Å². The van der Waals surface area contributed by atoms with E-state index in [-0.39, 0.29) is 11.2 Å². The maximum Gasteiger partial charge on any atom is 0.126 e. The molecule has 5 heteroatoms. The van der Waals surface area contributed by atoms with Gasteiger partial charge in [-0.05, 0) is 47.0 Å². The fourth-order valence-electron chi connectivity index (χ4n) is 3.48. The van der Waals surface area contributed by atoms with E-state index in [0.717, 1.165) is 23.1 Å². The van der Waals surface area contributed by atoms with Crippen LogP contribution in [0.2, 0.25) is 0 Å². The molecular formula is C21H27N3O2. The number of hydrogen-bond donors (Lipinski definition) is 2. The van der Waals surface area contributed by atoms with Gasteiger partial charge in [-0.25, -0.2) is 0 Å². The molecule has 0 unspecified atom stereocenters. The molecule has 26 heavy (non-hydrogen) atoms. The predicted molar refractivity (Wildman–Crippen MR) is 104 cm³/mol. The van der Waals surface area contributed by atoms with Crippen molar-refractivity contribution in [2.24, 2.45) is 0 Å². The standard InChI is InChI=1S/C21H27N3O2/c1-5-6-7-11-21(3,4)15-12-14(2)20(25)17(13-15)16-9-8-10-18-19(16)23-24(26)22-18/h8-10,12-13,25-26H,5-7,11H2,1-4H3. The molecule has 3 rings (SSSR count). The van der Waals surface area contributed by atoms with Crippen LogP contribution < -0.4 is 0 Å². The van der Waals surface area contributed by atoms with Gasteiger partial charge in [-0.3, -0.25) is 0 Å². The van der Waals surface area contributed by atoms with Crippen LogP contribution in [0.15, 0.2) is 30.3 Å². The average Bonchev–Trinajstić information content (AvgIpc) is 2.97. The zero-order valence-electron chi connectivity index (χ0n) is 16.0. The van der Waals surface area contributed by atoms with E-state index in [1.54, 1.807) is 6.07 Å². The summed E-state index contributed by atoms with van der Waals surface area (Å²) in [6.07, 6.45) is 4.72. The number of aromatic nitrogens is 3. The highest BCUT2D eigenvalue weighted by molar-refractivity contribution is 5.93. The Morgan fingerprint density at radius 3 is 2.58 bits per heavy atom. The van der Waals surface area contributed by atoms with E-state index < -0.39 is 0 Å². The lowest BCUT2D eigenvalue weighted by Gasteiger charge is -2.27. The highest BCUT2D eigenvalue weighted by Gasteiger charge is 2.23. The number of unbranched alkanes of at least 4 members (excludes halogenated alkanes) is 2. The van der Waals surface area contributed by atoms with Gasteiger partial charge in [-0.1, -0.05) is 58.2 Å². The number of aromatic hydroxyl groups is 1. The minimum absolute atomic E-state index is 0.0187. The number of aryl methyl sites for hydroxylation is 1. The number of hydrogen-bond acceptors (Lipinski definition) is 4. The molecule has 5 nitrogen and oxygen atoms in total. The average molecular weight is 353 g/mol. The summed E-state index contributed by atoms with van der Waals surface area (Å²) >= 11 is 0. The summed E-state index contributed by atoms with van der Waals surface area (Å²) in [6.45, 7) is 8.64. The van der Waals surface area contributed by atoms with Crippen molar-refractivity contribution in [3.05, 3.63) is 41.5 Å². The van der Waals surface area contributed by atoms with Crippen LogP contribution in [0.4, 0.5) is 0 Å². The van der Waals surface area contributed by atoms with Crippen molar-refractivity contribution < 1.29 is 10.3 Å². The Balaban J connectivity index is 2.11. The first-order valence-electron chi connectivity index (χ1n) is 9.23. The molecule has 0 saturated heterocycles. The highest BCUT2D eigenvalue weighted by atomic mass is 16.5. The van der Waals surface area contributed by atoms with Crippen molar-refractivity contribution in [1.82, 2.24) is 15.2 Å². The van der Waals surface area contributed by atoms with Gasteiger partial charge < -0.3 is 10.3 Å². The molecule has 1 heterocycles. The SMILES string of the molecule is CCCCCC(C)(C)c1cc(C)c(O)c(-c2cccc3nn(O)nc23)c1. The van der Waals surface area contributed by atoms with Crippen molar-refractivity contribution in [1.29, 1.82) is 0 Å². The topological polar surface area (TPSA) is 71.2 Å². The summed E-state index contributed by atoms with van der Waals surface area (Å²) in [5.74, 6) is 0.248. The second-order valence-corrected chi connectivity index (χ2v) is 7.67. The normalized spacial score (nSPS) is 12.0.